The molecule has 21 heteroatoms. The van der Waals surface area contributed by atoms with Crippen LogP contribution >= 0.6 is 0 Å². The topological polar surface area (TPSA) is 164 Å². The largest absolute Gasteiger partial charge is 0.465 e. The molecule has 14 nitrogen and oxygen atoms in total. The molecule has 2 aromatic heterocycles. The van der Waals surface area contributed by atoms with Crippen LogP contribution in [0.15, 0.2) is 23.4 Å². The van der Waals surface area contributed by atoms with Gasteiger partial charge in [0, 0.05) is 65.7 Å². The van der Waals surface area contributed by atoms with E-state index in [-0.39, 0.29) is 58.4 Å². The standard InChI is InChI=1S/C28H40F6N8O6Si/c1-18(38-21-14-37-42(17-47-9-10-49(2,3)4)24(44)23(21)28(32,33)34)15-48-16-20(39-26(45)46)11-22(43)40-5-7-41(8-6-40)25-35-12-19(13-36-25)27(29,30)31/h12-14,18,20,38-39H,5-11,15-17H2,1-4H3,(H,45,46). The van der Waals surface area contributed by atoms with Gasteiger partial charge in [-0.25, -0.2) is 19.4 Å². The summed E-state index contributed by atoms with van der Waals surface area (Å²) < 4.78 is 91.6. The first-order chi connectivity index (χ1) is 22.7. The summed E-state index contributed by atoms with van der Waals surface area (Å²) in [7, 11) is -1.46. The summed E-state index contributed by atoms with van der Waals surface area (Å²) in [6.45, 7) is 7.90. The van der Waals surface area contributed by atoms with E-state index in [9.17, 15) is 45.8 Å². The van der Waals surface area contributed by atoms with Crippen molar-refractivity contribution in [3.8, 4) is 0 Å². The predicted octanol–water partition coefficient (Wildman–Crippen LogP) is 3.58. The Kier molecular flexibility index (Phi) is 13.4. The number of anilines is 2. The van der Waals surface area contributed by atoms with Crippen molar-refractivity contribution in [2.24, 2.45) is 0 Å². The van der Waals surface area contributed by atoms with E-state index in [1.807, 2.05) is 0 Å². The van der Waals surface area contributed by atoms with Crippen LogP contribution in [0.3, 0.4) is 0 Å². The zero-order valence-corrected chi connectivity index (χ0v) is 28.4. The van der Waals surface area contributed by atoms with E-state index in [1.54, 1.807) is 4.90 Å². The zero-order valence-electron chi connectivity index (χ0n) is 27.4. The molecule has 2 atom stereocenters. The fourth-order valence-corrected chi connectivity index (χ4v) is 5.40. The van der Waals surface area contributed by atoms with Crippen LogP contribution in [0, 0.1) is 0 Å². The molecule has 1 saturated heterocycles. The molecule has 3 rings (SSSR count). The van der Waals surface area contributed by atoms with E-state index in [0.717, 1.165) is 12.2 Å². The second-order valence-corrected chi connectivity index (χ2v) is 18.3. The first-order valence-corrected chi connectivity index (χ1v) is 19.0. The van der Waals surface area contributed by atoms with Crippen molar-refractivity contribution in [1.82, 2.24) is 30.0 Å². The highest BCUT2D eigenvalue weighted by Gasteiger charge is 2.39. The lowest BCUT2D eigenvalue weighted by atomic mass is 10.2. The molecule has 1 aliphatic heterocycles. The minimum Gasteiger partial charge on any atom is -0.465 e. The van der Waals surface area contributed by atoms with Gasteiger partial charge in [-0.3, -0.25) is 9.59 Å². The first-order valence-electron chi connectivity index (χ1n) is 15.3. The van der Waals surface area contributed by atoms with E-state index in [1.165, 1.54) is 11.8 Å². The van der Waals surface area contributed by atoms with Crippen LogP contribution in [-0.4, -0.2) is 108 Å². The molecule has 2 aromatic rings. The quantitative estimate of drug-likeness (QED) is 0.140. The smallest absolute Gasteiger partial charge is 0.423 e. The SMILES string of the molecule is CC(COCC(CC(=O)N1CCN(c2ncc(C(F)(F)F)cn2)CC1)NC(=O)O)Nc1cnn(COCC[Si](C)(C)C)c(=O)c1C(F)(F)F. The molecule has 0 aromatic carbocycles. The zero-order chi connectivity index (χ0) is 36.6. The minimum atomic E-state index is -5.00. The third kappa shape index (κ3) is 12.4. The lowest BCUT2D eigenvalue weighted by Gasteiger charge is -2.35. The Balaban J connectivity index is 1.53. The van der Waals surface area contributed by atoms with Gasteiger partial charge in [0.2, 0.25) is 11.9 Å². The molecule has 2 unspecified atom stereocenters. The number of hydrogen-bond donors (Lipinski definition) is 3. The molecule has 0 bridgehead atoms. The predicted molar refractivity (Wildman–Crippen MR) is 167 cm³/mol. The minimum absolute atomic E-state index is 0.0721. The Morgan fingerprint density at radius 3 is 2.16 bits per heavy atom. The summed E-state index contributed by atoms with van der Waals surface area (Å²) in [5.74, 6) is -0.352. The Morgan fingerprint density at radius 1 is 0.980 bits per heavy atom. The Bertz CT molecular complexity index is 1460. The number of carboxylic acid groups (broad SMARTS) is 1. The molecule has 3 N–H and O–H groups in total. The van der Waals surface area contributed by atoms with Crippen LogP contribution in [0.2, 0.25) is 25.7 Å². The highest BCUT2D eigenvalue weighted by molar-refractivity contribution is 6.76. The number of rotatable bonds is 15. The molecule has 1 fully saturated rings. The lowest BCUT2D eigenvalue weighted by molar-refractivity contribution is -0.139. The Labute approximate surface area is 278 Å². The van der Waals surface area contributed by atoms with Gasteiger partial charge in [-0.05, 0) is 13.0 Å². The van der Waals surface area contributed by atoms with Gasteiger partial charge in [0.1, 0.15) is 12.3 Å². The number of alkyl halides is 6. The summed E-state index contributed by atoms with van der Waals surface area (Å²) in [4.78, 5) is 47.5. The molecule has 1 aliphatic rings. The van der Waals surface area contributed by atoms with Gasteiger partial charge in [0.05, 0.1) is 36.7 Å². The molecule has 274 valence electrons. The fourth-order valence-electron chi connectivity index (χ4n) is 4.64. The van der Waals surface area contributed by atoms with Crippen molar-refractivity contribution >= 4 is 31.7 Å². The number of carbonyl (C=O) groups is 2. The molecule has 0 spiro atoms. The maximum absolute atomic E-state index is 13.9. The molecule has 0 saturated carbocycles. The van der Waals surface area contributed by atoms with Crippen LogP contribution in [0.25, 0.3) is 0 Å². The monoisotopic (exact) mass is 726 g/mol. The van der Waals surface area contributed by atoms with Crippen LogP contribution in [0.4, 0.5) is 42.8 Å². The third-order valence-electron chi connectivity index (χ3n) is 7.26. The van der Waals surface area contributed by atoms with E-state index < -0.39 is 73.6 Å². The fraction of sp³-hybridized carbons (Fsp3) is 0.643. The van der Waals surface area contributed by atoms with Crippen LogP contribution in [0.1, 0.15) is 24.5 Å². The maximum atomic E-state index is 13.9. The summed E-state index contributed by atoms with van der Waals surface area (Å²) in [6.07, 6.45) is -9.09. The molecule has 0 aliphatic carbocycles. The first kappa shape index (κ1) is 39.5. The molecule has 0 radical (unpaired) electrons. The van der Waals surface area contributed by atoms with Gasteiger partial charge in [-0.15, -0.1) is 0 Å². The Morgan fingerprint density at radius 2 is 1.61 bits per heavy atom. The van der Waals surface area contributed by atoms with Crippen molar-refractivity contribution in [2.75, 3.05) is 56.2 Å². The number of ether oxygens (including phenoxy) is 2. The number of nitrogens with one attached hydrogen (secondary N) is 2. The summed E-state index contributed by atoms with van der Waals surface area (Å²) in [6, 6.07) is -1.05. The average molecular weight is 727 g/mol. The number of aromatic nitrogens is 4. The van der Waals surface area contributed by atoms with Gasteiger partial charge in [-0.2, -0.15) is 31.4 Å². The second-order valence-electron chi connectivity index (χ2n) is 12.7. The van der Waals surface area contributed by atoms with Gasteiger partial charge in [0.25, 0.3) is 5.56 Å². The van der Waals surface area contributed by atoms with Crippen molar-refractivity contribution in [1.29, 1.82) is 0 Å². The summed E-state index contributed by atoms with van der Waals surface area (Å²) in [5, 5.41) is 17.8. The number of piperazine rings is 1. The number of carbonyl (C=O) groups excluding carboxylic acids is 1. The van der Waals surface area contributed by atoms with Crippen molar-refractivity contribution in [3.05, 3.63) is 40.1 Å². The van der Waals surface area contributed by atoms with Gasteiger partial charge >= 0.3 is 18.4 Å². The second kappa shape index (κ2) is 16.6. The summed E-state index contributed by atoms with van der Waals surface area (Å²) >= 11 is 0. The number of amides is 2. The molecule has 2 amide bonds. The maximum Gasteiger partial charge on any atom is 0.423 e. The highest BCUT2D eigenvalue weighted by Crippen LogP contribution is 2.32. The van der Waals surface area contributed by atoms with Crippen LogP contribution in [-0.2, 0) is 33.4 Å². The van der Waals surface area contributed by atoms with Gasteiger partial charge in [0.15, 0.2) is 0 Å². The molecule has 49 heavy (non-hydrogen) atoms. The number of halogens is 6. The van der Waals surface area contributed by atoms with E-state index in [0.29, 0.717) is 17.1 Å². The van der Waals surface area contributed by atoms with E-state index in [4.69, 9.17) is 9.47 Å². The number of nitrogens with zero attached hydrogens (tertiary/aromatic N) is 6. The van der Waals surface area contributed by atoms with Crippen molar-refractivity contribution in [2.45, 2.75) is 70.2 Å². The van der Waals surface area contributed by atoms with E-state index >= 15 is 0 Å². The molecular weight excluding hydrogens is 686 g/mol. The van der Waals surface area contributed by atoms with Crippen molar-refractivity contribution < 1.29 is 50.5 Å². The van der Waals surface area contributed by atoms with Gasteiger partial charge < -0.3 is 35.0 Å². The van der Waals surface area contributed by atoms with Gasteiger partial charge in [-0.1, -0.05) is 19.6 Å². The lowest BCUT2D eigenvalue weighted by Crippen LogP contribution is -2.51. The average Bonchev–Trinajstić information content (AvgIpc) is 2.98. The van der Waals surface area contributed by atoms with Crippen molar-refractivity contribution in [3.63, 3.8) is 0 Å². The normalized spacial score (nSPS) is 15.6. The third-order valence-corrected chi connectivity index (χ3v) is 8.96. The number of hydrogen-bond acceptors (Lipinski definition) is 10. The van der Waals surface area contributed by atoms with Crippen LogP contribution in [0.5, 0.6) is 0 Å². The van der Waals surface area contributed by atoms with Crippen LogP contribution < -0.4 is 21.1 Å². The molecule has 3 heterocycles. The highest BCUT2D eigenvalue weighted by atomic mass is 28.3. The summed E-state index contributed by atoms with van der Waals surface area (Å²) in [5.41, 5.74) is -4.39. The molecular formula is C28H40F6N8O6Si. The Hall–Kier alpha value is -3.98. The van der Waals surface area contributed by atoms with E-state index in [2.05, 4.69) is 45.3 Å².